The number of nitrogens with one attached hydrogen (secondary N) is 1. The van der Waals surface area contributed by atoms with E-state index in [-0.39, 0.29) is 11.6 Å². The van der Waals surface area contributed by atoms with Gasteiger partial charge in [-0.25, -0.2) is 4.79 Å². The first-order chi connectivity index (χ1) is 9.08. The topological polar surface area (TPSA) is 49.3 Å². The number of hydrogen-bond acceptors (Lipinski definition) is 2. The van der Waals surface area contributed by atoms with Gasteiger partial charge in [0.05, 0.1) is 11.3 Å². The largest absolute Gasteiger partial charge is 0.478 e. The SMILES string of the molecule is CC(Nc1cc(Cl)ccc1C(=O)O)c1ccccc1. The van der Waals surface area contributed by atoms with Crippen molar-refractivity contribution in [3.05, 3.63) is 64.7 Å². The lowest BCUT2D eigenvalue weighted by Crippen LogP contribution is -2.10. The summed E-state index contributed by atoms with van der Waals surface area (Å²) in [6.07, 6.45) is 0. The predicted octanol–water partition coefficient (Wildman–Crippen LogP) is 4.21. The molecular weight excluding hydrogens is 262 g/mol. The molecule has 4 heteroatoms. The van der Waals surface area contributed by atoms with Crippen molar-refractivity contribution in [1.29, 1.82) is 0 Å². The van der Waals surface area contributed by atoms with E-state index in [1.54, 1.807) is 12.1 Å². The van der Waals surface area contributed by atoms with Crippen LogP contribution in [0.3, 0.4) is 0 Å². The van der Waals surface area contributed by atoms with Crippen LogP contribution in [0.1, 0.15) is 28.9 Å². The summed E-state index contributed by atoms with van der Waals surface area (Å²) in [4.78, 5) is 11.2. The lowest BCUT2D eigenvalue weighted by atomic mass is 10.1. The highest BCUT2D eigenvalue weighted by atomic mass is 35.5. The van der Waals surface area contributed by atoms with E-state index in [0.29, 0.717) is 10.7 Å². The van der Waals surface area contributed by atoms with E-state index in [1.807, 2.05) is 37.3 Å². The fourth-order valence-corrected chi connectivity index (χ4v) is 2.05. The average molecular weight is 276 g/mol. The zero-order valence-corrected chi connectivity index (χ0v) is 11.2. The summed E-state index contributed by atoms with van der Waals surface area (Å²) in [7, 11) is 0. The van der Waals surface area contributed by atoms with Crippen LogP contribution in [0.4, 0.5) is 5.69 Å². The van der Waals surface area contributed by atoms with Gasteiger partial charge in [-0.15, -0.1) is 0 Å². The van der Waals surface area contributed by atoms with Gasteiger partial charge in [-0.1, -0.05) is 41.9 Å². The number of aromatic carboxylic acids is 1. The van der Waals surface area contributed by atoms with Crippen molar-refractivity contribution in [2.24, 2.45) is 0 Å². The molecule has 0 heterocycles. The van der Waals surface area contributed by atoms with E-state index in [0.717, 1.165) is 5.56 Å². The van der Waals surface area contributed by atoms with Crippen LogP contribution in [0.2, 0.25) is 5.02 Å². The second kappa shape index (κ2) is 5.76. The molecule has 0 fully saturated rings. The van der Waals surface area contributed by atoms with Crippen molar-refractivity contribution in [1.82, 2.24) is 0 Å². The molecule has 0 aromatic heterocycles. The predicted molar refractivity (Wildman–Crippen MR) is 76.9 cm³/mol. The summed E-state index contributed by atoms with van der Waals surface area (Å²) in [6, 6.07) is 14.5. The van der Waals surface area contributed by atoms with Crippen molar-refractivity contribution in [3.63, 3.8) is 0 Å². The standard InChI is InChI=1S/C15H14ClNO2/c1-10(11-5-3-2-4-6-11)17-14-9-12(16)7-8-13(14)15(18)19/h2-10,17H,1H3,(H,18,19). The molecule has 0 amide bonds. The van der Waals surface area contributed by atoms with Gasteiger partial charge in [0, 0.05) is 11.1 Å². The average Bonchev–Trinajstić information content (AvgIpc) is 2.39. The maximum Gasteiger partial charge on any atom is 0.337 e. The second-order valence-corrected chi connectivity index (χ2v) is 4.71. The van der Waals surface area contributed by atoms with Crippen LogP contribution in [0, 0.1) is 0 Å². The first-order valence-electron chi connectivity index (χ1n) is 5.92. The molecule has 0 saturated heterocycles. The zero-order valence-electron chi connectivity index (χ0n) is 10.4. The van der Waals surface area contributed by atoms with E-state index >= 15 is 0 Å². The molecule has 2 rings (SSSR count). The van der Waals surface area contributed by atoms with Crippen molar-refractivity contribution >= 4 is 23.3 Å². The summed E-state index contributed by atoms with van der Waals surface area (Å²) in [5, 5.41) is 12.8. The number of carbonyl (C=O) groups is 1. The van der Waals surface area contributed by atoms with Gasteiger partial charge in [-0.3, -0.25) is 0 Å². The molecule has 0 aliphatic rings. The molecule has 19 heavy (non-hydrogen) atoms. The van der Waals surface area contributed by atoms with Crippen LogP contribution in [0.15, 0.2) is 48.5 Å². The van der Waals surface area contributed by atoms with Gasteiger partial charge in [0.15, 0.2) is 0 Å². The van der Waals surface area contributed by atoms with E-state index in [9.17, 15) is 4.79 Å². The second-order valence-electron chi connectivity index (χ2n) is 4.27. The number of halogens is 1. The molecule has 1 atom stereocenters. The maximum atomic E-state index is 11.2. The van der Waals surface area contributed by atoms with Crippen LogP contribution in [0.5, 0.6) is 0 Å². The smallest absolute Gasteiger partial charge is 0.337 e. The Balaban J connectivity index is 2.28. The molecule has 1 unspecified atom stereocenters. The van der Waals surface area contributed by atoms with E-state index in [1.165, 1.54) is 6.07 Å². The summed E-state index contributed by atoms with van der Waals surface area (Å²) in [5.41, 5.74) is 1.82. The summed E-state index contributed by atoms with van der Waals surface area (Å²) >= 11 is 5.92. The first kappa shape index (κ1) is 13.4. The number of carboxylic acid groups (broad SMARTS) is 1. The van der Waals surface area contributed by atoms with Crippen LogP contribution in [-0.4, -0.2) is 11.1 Å². The minimum absolute atomic E-state index is 0.00207. The molecule has 0 spiro atoms. The third-order valence-corrected chi connectivity index (χ3v) is 3.12. The Labute approximate surface area is 116 Å². The molecule has 2 aromatic rings. The maximum absolute atomic E-state index is 11.2. The Morgan fingerprint density at radius 3 is 2.53 bits per heavy atom. The summed E-state index contributed by atoms with van der Waals surface area (Å²) < 4.78 is 0. The Hall–Kier alpha value is -2.00. The van der Waals surface area contributed by atoms with Crippen molar-refractivity contribution < 1.29 is 9.90 Å². The highest BCUT2D eigenvalue weighted by Gasteiger charge is 2.13. The van der Waals surface area contributed by atoms with Crippen LogP contribution in [-0.2, 0) is 0 Å². The van der Waals surface area contributed by atoms with Gasteiger partial charge < -0.3 is 10.4 Å². The number of anilines is 1. The van der Waals surface area contributed by atoms with E-state index in [2.05, 4.69) is 5.32 Å². The molecule has 2 N–H and O–H groups in total. The highest BCUT2D eigenvalue weighted by Crippen LogP contribution is 2.25. The Bertz CT molecular complexity index is 584. The van der Waals surface area contributed by atoms with E-state index in [4.69, 9.17) is 16.7 Å². The minimum atomic E-state index is -0.973. The number of carboxylic acids is 1. The van der Waals surface area contributed by atoms with Crippen molar-refractivity contribution in [2.45, 2.75) is 13.0 Å². The van der Waals surface area contributed by atoms with Gasteiger partial charge in [0.1, 0.15) is 0 Å². The number of benzene rings is 2. The van der Waals surface area contributed by atoms with Gasteiger partial charge >= 0.3 is 5.97 Å². The molecular formula is C15H14ClNO2. The minimum Gasteiger partial charge on any atom is -0.478 e. The van der Waals surface area contributed by atoms with Crippen LogP contribution in [0.25, 0.3) is 0 Å². The molecule has 0 radical (unpaired) electrons. The Morgan fingerprint density at radius 2 is 1.89 bits per heavy atom. The van der Waals surface area contributed by atoms with Crippen LogP contribution < -0.4 is 5.32 Å². The Kier molecular flexibility index (Phi) is 4.07. The molecule has 0 saturated carbocycles. The van der Waals surface area contributed by atoms with Gasteiger partial charge in [0.2, 0.25) is 0 Å². The molecule has 0 aliphatic carbocycles. The van der Waals surface area contributed by atoms with E-state index < -0.39 is 5.97 Å². The first-order valence-corrected chi connectivity index (χ1v) is 6.30. The Morgan fingerprint density at radius 1 is 1.21 bits per heavy atom. The monoisotopic (exact) mass is 275 g/mol. The van der Waals surface area contributed by atoms with Gasteiger partial charge in [-0.05, 0) is 30.7 Å². The third-order valence-electron chi connectivity index (χ3n) is 2.88. The summed E-state index contributed by atoms with van der Waals surface area (Å²) in [5.74, 6) is -0.973. The van der Waals surface area contributed by atoms with Crippen molar-refractivity contribution in [3.8, 4) is 0 Å². The quantitative estimate of drug-likeness (QED) is 0.879. The normalized spacial score (nSPS) is 11.9. The molecule has 0 bridgehead atoms. The van der Waals surface area contributed by atoms with Crippen LogP contribution >= 0.6 is 11.6 Å². The molecule has 2 aromatic carbocycles. The lowest BCUT2D eigenvalue weighted by Gasteiger charge is -2.17. The number of rotatable bonds is 4. The third kappa shape index (κ3) is 3.26. The highest BCUT2D eigenvalue weighted by molar-refractivity contribution is 6.31. The van der Waals surface area contributed by atoms with Crippen molar-refractivity contribution in [2.75, 3.05) is 5.32 Å². The summed E-state index contributed by atoms with van der Waals surface area (Å²) in [6.45, 7) is 1.97. The van der Waals surface area contributed by atoms with Gasteiger partial charge in [-0.2, -0.15) is 0 Å². The number of hydrogen-bond donors (Lipinski definition) is 2. The lowest BCUT2D eigenvalue weighted by molar-refractivity contribution is 0.0698. The zero-order chi connectivity index (χ0) is 13.8. The van der Waals surface area contributed by atoms with Gasteiger partial charge in [0.25, 0.3) is 0 Å². The molecule has 98 valence electrons. The molecule has 0 aliphatic heterocycles. The fourth-order valence-electron chi connectivity index (χ4n) is 1.88. The molecule has 3 nitrogen and oxygen atoms in total. The fraction of sp³-hybridized carbons (Fsp3) is 0.133.